The molecule has 110 valence electrons. The fourth-order valence-corrected chi connectivity index (χ4v) is 4.23. The summed E-state index contributed by atoms with van der Waals surface area (Å²) in [6, 6.07) is 5.20. The normalized spacial score (nSPS) is 20.6. The Morgan fingerprint density at radius 3 is 2.65 bits per heavy atom. The van der Waals surface area contributed by atoms with Gasteiger partial charge in [0, 0.05) is 32.6 Å². The highest BCUT2D eigenvalue weighted by Gasteiger charge is 2.29. The zero-order valence-electron chi connectivity index (χ0n) is 11.7. The molecule has 0 aliphatic carbocycles. The molecule has 20 heavy (non-hydrogen) atoms. The predicted octanol–water partition coefficient (Wildman–Crippen LogP) is 0.948. The molecule has 1 saturated heterocycles. The van der Waals surface area contributed by atoms with Gasteiger partial charge in [0.25, 0.3) is 0 Å². The maximum atomic E-state index is 12.6. The highest BCUT2D eigenvalue weighted by molar-refractivity contribution is 7.89. The van der Waals surface area contributed by atoms with Crippen LogP contribution in [0.3, 0.4) is 0 Å². The molecular weight excluding hydrogens is 276 g/mol. The smallest absolute Gasteiger partial charge is 0.243 e. The molecule has 0 N–H and O–H groups in total. The maximum Gasteiger partial charge on any atom is 0.243 e. The summed E-state index contributed by atoms with van der Waals surface area (Å²) in [6.45, 7) is 6.49. The summed E-state index contributed by atoms with van der Waals surface area (Å²) in [7, 11) is -3.36. The molecular formula is C14H20N2O3S. The summed E-state index contributed by atoms with van der Waals surface area (Å²) in [4.78, 5) is 2.66. The Morgan fingerprint density at radius 1 is 1.20 bits per heavy atom. The number of hydrogen-bond acceptors (Lipinski definition) is 4. The third-order valence-electron chi connectivity index (χ3n) is 4.08. The van der Waals surface area contributed by atoms with Gasteiger partial charge in [0.1, 0.15) is 5.75 Å². The van der Waals surface area contributed by atoms with Crippen LogP contribution in [0.15, 0.2) is 23.1 Å². The molecule has 0 radical (unpaired) electrons. The number of sulfonamides is 1. The van der Waals surface area contributed by atoms with Gasteiger partial charge in [0.2, 0.25) is 10.0 Å². The number of rotatable bonds is 3. The zero-order chi connectivity index (χ0) is 14.2. The SMILES string of the molecule is CCN1CCN(S(=O)(=O)c2ccc3c(c2)CCO3)CC1. The Balaban J connectivity index is 1.82. The molecule has 1 aromatic rings. The zero-order valence-corrected chi connectivity index (χ0v) is 12.5. The number of hydrogen-bond donors (Lipinski definition) is 0. The van der Waals surface area contributed by atoms with Crippen LogP contribution < -0.4 is 4.74 Å². The van der Waals surface area contributed by atoms with Crippen LogP contribution in [-0.4, -0.2) is 57.0 Å². The summed E-state index contributed by atoms with van der Waals surface area (Å²) >= 11 is 0. The van der Waals surface area contributed by atoms with E-state index >= 15 is 0 Å². The minimum Gasteiger partial charge on any atom is -0.493 e. The van der Waals surface area contributed by atoms with E-state index in [2.05, 4.69) is 11.8 Å². The molecule has 1 aromatic carbocycles. The number of likely N-dealkylation sites (N-methyl/N-ethyl adjacent to an activating group) is 1. The van der Waals surface area contributed by atoms with Crippen LogP contribution in [0.5, 0.6) is 5.75 Å². The summed E-state index contributed by atoms with van der Waals surface area (Å²) in [5, 5.41) is 0. The number of nitrogens with zero attached hydrogens (tertiary/aromatic N) is 2. The molecule has 0 bridgehead atoms. The Kier molecular flexibility index (Phi) is 3.70. The van der Waals surface area contributed by atoms with E-state index < -0.39 is 10.0 Å². The summed E-state index contributed by atoms with van der Waals surface area (Å²) in [5.41, 5.74) is 0.998. The average molecular weight is 296 g/mol. The lowest BCUT2D eigenvalue weighted by Gasteiger charge is -2.33. The monoisotopic (exact) mass is 296 g/mol. The first-order chi connectivity index (χ1) is 9.61. The number of ether oxygens (including phenoxy) is 1. The highest BCUT2D eigenvalue weighted by atomic mass is 32.2. The van der Waals surface area contributed by atoms with Crippen molar-refractivity contribution in [3.8, 4) is 5.75 Å². The molecule has 0 spiro atoms. The van der Waals surface area contributed by atoms with Crippen molar-refractivity contribution in [3.63, 3.8) is 0 Å². The summed E-state index contributed by atoms with van der Waals surface area (Å²) in [6.07, 6.45) is 0.794. The van der Waals surface area contributed by atoms with Crippen molar-refractivity contribution in [1.82, 2.24) is 9.21 Å². The minimum atomic E-state index is -3.36. The lowest BCUT2D eigenvalue weighted by Crippen LogP contribution is -2.48. The van der Waals surface area contributed by atoms with E-state index in [9.17, 15) is 8.42 Å². The Morgan fingerprint density at radius 2 is 1.95 bits per heavy atom. The van der Waals surface area contributed by atoms with Crippen LogP contribution >= 0.6 is 0 Å². The van der Waals surface area contributed by atoms with Gasteiger partial charge in [0.15, 0.2) is 0 Å². The molecule has 0 aromatic heterocycles. The Hall–Kier alpha value is -1.11. The quantitative estimate of drug-likeness (QED) is 0.833. The summed E-state index contributed by atoms with van der Waals surface area (Å²) < 4.78 is 32.3. The van der Waals surface area contributed by atoms with E-state index in [4.69, 9.17) is 4.74 Å². The molecule has 0 atom stereocenters. The largest absolute Gasteiger partial charge is 0.493 e. The molecule has 1 fully saturated rings. The van der Waals surface area contributed by atoms with Gasteiger partial charge < -0.3 is 9.64 Å². The predicted molar refractivity (Wildman–Crippen MR) is 76.5 cm³/mol. The fraction of sp³-hybridized carbons (Fsp3) is 0.571. The van der Waals surface area contributed by atoms with E-state index in [0.29, 0.717) is 24.6 Å². The van der Waals surface area contributed by atoms with Crippen molar-refractivity contribution in [3.05, 3.63) is 23.8 Å². The number of benzene rings is 1. The van der Waals surface area contributed by atoms with Crippen molar-refractivity contribution >= 4 is 10.0 Å². The van der Waals surface area contributed by atoms with Crippen LogP contribution in [-0.2, 0) is 16.4 Å². The van der Waals surface area contributed by atoms with Gasteiger partial charge in [-0.05, 0) is 30.3 Å². The van der Waals surface area contributed by atoms with Gasteiger partial charge in [-0.1, -0.05) is 6.92 Å². The van der Waals surface area contributed by atoms with Crippen LogP contribution in [0, 0.1) is 0 Å². The third-order valence-corrected chi connectivity index (χ3v) is 5.97. The minimum absolute atomic E-state index is 0.395. The van der Waals surface area contributed by atoms with Crippen LogP contribution in [0.4, 0.5) is 0 Å². The fourth-order valence-electron chi connectivity index (χ4n) is 2.76. The van der Waals surface area contributed by atoms with Gasteiger partial charge >= 0.3 is 0 Å². The van der Waals surface area contributed by atoms with Gasteiger partial charge in [-0.3, -0.25) is 0 Å². The van der Waals surface area contributed by atoms with E-state index in [1.165, 1.54) is 0 Å². The molecule has 0 amide bonds. The first-order valence-corrected chi connectivity index (χ1v) is 8.53. The summed E-state index contributed by atoms with van der Waals surface area (Å²) in [5.74, 6) is 0.819. The first-order valence-electron chi connectivity index (χ1n) is 7.09. The Bertz CT molecular complexity index is 592. The second kappa shape index (κ2) is 5.35. The average Bonchev–Trinajstić information content (AvgIpc) is 2.94. The lowest BCUT2D eigenvalue weighted by molar-refractivity contribution is 0.196. The van der Waals surface area contributed by atoms with Crippen molar-refractivity contribution in [2.45, 2.75) is 18.2 Å². The van der Waals surface area contributed by atoms with Crippen molar-refractivity contribution in [2.75, 3.05) is 39.3 Å². The van der Waals surface area contributed by atoms with Gasteiger partial charge in [0.05, 0.1) is 11.5 Å². The molecule has 0 saturated carbocycles. The van der Waals surface area contributed by atoms with Crippen molar-refractivity contribution in [2.24, 2.45) is 0 Å². The first kappa shape index (κ1) is 13.9. The molecule has 0 unspecified atom stereocenters. The topological polar surface area (TPSA) is 49.9 Å². The van der Waals surface area contributed by atoms with Crippen molar-refractivity contribution in [1.29, 1.82) is 0 Å². The molecule has 3 rings (SSSR count). The maximum absolute atomic E-state index is 12.6. The Labute approximate surface area is 120 Å². The molecule has 2 aliphatic rings. The third kappa shape index (κ3) is 2.43. The molecule has 2 aliphatic heterocycles. The van der Waals surface area contributed by atoms with Gasteiger partial charge in [-0.2, -0.15) is 4.31 Å². The molecule has 6 heteroatoms. The second-order valence-electron chi connectivity index (χ2n) is 5.21. The van der Waals surface area contributed by atoms with E-state index in [0.717, 1.165) is 37.4 Å². The van der Waals surface area contributed by atoms with Gasteiger partial charge in [-0.15, -0.1) is 0 Å². The molecule has 5 nitrogen and oxygen atoms in total. The highest BCUT2D eigenvalue weighted by Crippen LogP contribution is 2.29. The number of piperazine rings is 1. The van der Waals surface area contributed by atoms with E-state index in [-0.39, 0.29) is 0 Å². The number of fused-ring (bicyclic) bond motifs is 1. The second-order valence-corrected chi connectivity index (χ2v) is 7.14. The standard InChI is InChI=1S/C14H20N2O3S/c1-2-15-6-8-16(9-7-15)20(17,18)13-3-4-14-12(11-13)5-10-19-14/h3-4,11H,2,5-10H2,1H3. The molecule has 2 heterocycles. The van der Waals surface area contributed by atoms with Gasteiger partial charge in [-0.25, -0.2) is 8.42 Å². The van der Waals surface area contributed by atoms with E-state index in [1.807, 2.05) is 0 Å². The lowest BCUT2D eigenvalue weighted by atomic mass is 10.2. The van der Waals surface area contributed by atoms with Crippen LogP contribution in [0.2, 0.25) is 0 Å². The van der Waals surface area contributed by atoms with Crippen LogP contribution in [0.25, 0.3) is 0 Å². The van der Waals surface area contributed by atoms with E-state index in [1.54, 1.807) is 22.5 Å². The van der Waals surface area contributed by atoms with Crippen LogP contribution in [0.1, 0.15) is 12.5 Å². The van der Waals surface area contributed by atoms with Crippen molar-refractivity contribution < 1.29 is 13.2 Å².